The Bertz CT molecular complexity index is 1440. The van der Waals surface area contributed by atoms with Gasteiger partial charge in [-0.1, -0.05) is 65.0 Å². The van der Waals surface area contributed by atoms with Gasteiger partial charge in [-0.15, -0.1) is 0 Å². The number of hydrogen-bond donors (Lipinski definition) is 0. The SMILES string of the molecule is CCN(CC)[P@](=Nc1ccccc1C(F)(F)F)(c1ccc2c(c1)c1ccccc1n2CC)C(C)(C)C. The van der Waals surface area contributed by atoms with E-state index in [-0.39, 0.29) is 5.69 Å². The summed E-state index contributed by atoms with van der Waals surface area (Å²) >= 11 is 0. The smallest absolute Gasteiger partial charge is 0.341 e. The van der Waals surface area contributed by atoms with Gasteiger partial charge in [-0.2, -0.15) is 13.2 Å². The van der Waals surface area contributed by atoms with Crippen LogP contribution in [-0.4, -0.2) is 27.5 Å². The normalized spacial score (nSPS) is 14.5. The Labute approximate surface area is 212 Å². The van der Waals surface area contributed by atoms with Crippen LogP contribution in [0.1, 0.15) is 47.1 Å². The van der Waals surface area contributed by atoms with Crippen LogP contribution in [0.2, 0.25) is 0 Å². The van der Waals surface area contributed by atoms with Crippen LogP contribution in [0.3, 0.4) is 0 Å². The molecule has 0 aliphatic carbocycles. The third kappa shape index (κ3) is 4.29. The van der Waals surface area contributed by atoms with Crippen LogP contribution >= 0.6 is 7.21 Å². The second-order valence-electron chi connectivity index (χ2n) is 9.99. The van der Waals surface area contributed by atoms with Crippen LogP contribution in [0.15, 0.2) is 71.5 Å². The van der Waals surface area contributed by atoms with Gasteiger partial charge in [0, 0.05) is 51.9 Å². The molecule has 0 saturated carbocycles. The minimum absolute atomic E-state index is 0.0104. The first kappa shape index (κ1) is 26.5. The summed E-state index contributed by atoms with van der Waals surface area (Å²) in [5.41, 5.74) is 1.62. The summed E-state index contributed by atoms with van der Waals surface area (Å²) < 4.78 is 51.9. The van der Waals surface area contributed by atoms with Crippen LogP contribution in [0, 0.1) is 0 Å². The average Bonchev–Trinajstić information content (AvgIpc) is 3.16. The largest absolute Gasteiger partial charge is 0.418 e. The highest BCUT2D eigenvalue weighted by Crippen LogP contribution is 2.64. The Morgan fingerprint density at radius 3 is 2.03 bits per heavy atom. The van der Waals surface area contributed by atoms with E-state index < -0.39 is 24.1 Å². The lowest BCUT2D eigenvalue weighted by molar-refractivity contribution is -0.137. The fraction of sp³-hybridized carbons (Fsp3) is 0.379. The maximum absolute atomic E-state index is 14.0. The molecule has 0 saturated heterocycles. The van der Waals surface area contributed by atoms with E-state index in [0.717, 1.165) is 39.7 Å². The highest BCUT2D eigenvalue weighted by Gasteiger charge is 2.42. The van der Waals surface area contributed by atoms with Crippen LogP contribution in [0.25, 0.3) is 21.8 Å². The summed E-state index contributed by atoms with van der Waals surface area (Å²) in [5.74, 6) is 0. The molecule has 0 aliphatic heterocycles. The van der Waals surface area contributed by atoms with E-state index in [4.69, 9.17) is 4.74 Å². The van der Waals surface area contributed by atoms with Crippen molar-refractivity contribution in [2.24, 2.45) is 4.74 Å². The van der Waals surface area contributed by atoms with Gasteiger partial charge in [0.2, 0.25) is 0 Å². The summed E-state index contributed by atoms with van der Waals surface area (Å²) in [5, 5.41) is 2.86. The fourth-order valence-corrected chi connectivity index (χ4v) is 9.80. The predicted molar refractivity (Wildman–Crippen MR) is 148 cm³/mol. The van der Waals surface area contributed by atoms with Crippen molar-refractivity contribution in [2.45, 2.75) is 59.4 Å². The number of hydrogen-bond acceptors (Lipinski definition) is 1. The molecular formula is C29H35F3N3P. The minimum atomic E-state index is -4.48. The highest BCUT2D eigenvalue weighted by molar-refractivity contribution is 7.73. The Balaban J connectivity index is 2.16. The zero-order chi connectivity index (χ0) is 26.3. The van der Waals surface area contributed by atoms with Gasteiger partial charge in [0.25, 0.3) is 0 Å². The summed E-state index contributed by atoms with van der Waals surface area (Å²) in [6.45, 7) is 14.8. The summed E-state index contributed by atoms with van der Waals surface area (Å²) in [7, 11) is -2.69. The van der Waals surface area contributed by atoms with Gasteiger partial charge in [0.05, 0.1) is 18.5 Å². The molecule has 0 N–H and O–H groups in total. The second kappa shape index (κ2) is 9.72. The van der Waals surface area contributed by atoms with E-state index in [0.29, 0.717) is 13.1 Å². The second-order valence-corrected chi connectivity index (χ2v) is 13.8. The molecule has 7 heteroatoms. The zero-order valence-electron chi connectivity index (χ0n) is 21.9. The number of para-hydroxylation sites is 1. The number of nitrogens with zero attached hydrogens (tertiary/aromatic N) is 3. The van der Waals surface area contributed by atoms with E-state index in [1.54, 1.807) is 6.07 Å². The lowest BCUT2D eigenvalue weighted by Crippen LogP contribution is -2.36. The molecule has 4 rings (SSSR count). The first-order valence-electron chi connectivity index (χ1n) is 12.5. The molecule has 3 aromatic carbocycles. The molecule has 0 amide bonds. The molecule has 0 bridgehead atoms. The van der Waals surface area contributed by atoms with E-state index in [2.05, 4.69) is 81.1 Å². The van der Waals surface area contributed by atoms with Gasteiger partial charge in [0.1, 0.15) is 0 Å². The van der Waals surface area contributed by atoms with E-state index in [9.17, 15) is 13.2 Å². The Hall–Kier alpha value is -2.56. The molecule has 1 aromatic heterocycles. The maximum Gasteiger partial charge on any atom is 0.418 e. The topological polar surface area (TPSA) is 20.5 Å². The maximum atomic E-state index is 14.0. The molecule has 1 heterocycles. The van der Waals surface area contributed by atoms with E-state index in [1.165, 1.54) is 12.1 Å². The van der Waals surface area contributed by atoms with E-state index in [1.807, 2.05) is 12.1 Å². The van der Waals surface area contributed by atoms with Gasteiger partial charge in [-0.25, -0.2) is 4.74 Å². The van der Waals surface area contributed by atoms with Crippen LogP contribution < -0.4 is 5.30 Å². The van der Waals surface area contributed by atoms with Crippen molar-refractivity contribution in [2.75, 3.05) is 13.1 Å². The predicted octanol–water partition coefficient (Wildman–Crippen LogP) is 9.05. The van der Waals surface area contributed by atoms with Gasteiger partial charge in [0.15, 0.2) is 0 Å². The lowest BCUT2D eigenvalue weighted by Gasteiger charge is -2.45. The first-order valence-corrected chi connectivity index (χ1v) is 14.2. The van der Waals surface area contributed by atoms with Gasteiger partial charge >= 0.3 is 6.18 Å². The van der Waals surface area contributed by atoms with Gasteiger partial charge < -0.3 is 4.57 Å². The number of rotatable bonds is 6. The van der Waals surface area contributed by atoms with E-state index >= 15 is 0 Å². The van der Waals surface area contributed by atoms with Crippen molar-refractivity contribution in [3.05, 3.63) is 72.3 Å². The van der Waals surface area contributed by atoms with Crippen LogP contribution in [0.5, 0.6) is 0 Å². The molecule has 36 heavy (non-hydrogen) atoms. The third-order valence-electron chi connectivity index (χ3n) is 6.97. The van der Waals surface area contributed by atoms with Crippen molar-refractivity contribution >= 4 is 40.0 Å². The highest BCUT2D eigenvalue weighted by atomic mass is 31.2. The number of alkyl halides is 3. The monoisotopic (exact) mass is 513 g/mol. The summed E-state index contributed by atoms with van der Waals surface area (Å²) in [4.78, 5) is 0. The average molecular weight is 514 g/mol. The minimum Gasteiger partial charge on any atom is -0.341 e. The van der Waals surface area contributed by atoms with Crippen molar-refractivity contribution in [1.82, 2.24) is 9.24 Å². The molecule has 0 aliphatic rings. The number of halogens is 3. The van der Waals surface area contributed by atoms with Crippen molar-refractivity contribution in [1.29, 1.82) is 0 Å². The van der Waals surface area contributed by atoms with Crippen LogP contribution in [-0.2, 0) is 12.7 Å². The standard InChI is InChI=1S/C29H35F3N3P/c1-7-34(8-2)36(28(4,5)6,33-25-16-12-11-15-24(25)29(30,31)32)21-18-19-27-23(20-21)22-14-10-13-17-26(22)35(27)9-3/h10-20H,7-9H2,1-6H3/t36-/m1/s1. The molecule has 1 atom stereocenters. The molecule has 3 nitrogen and oxygen atoms in total. The summed E-state index contributed by atoms with van der Waals surface area (Å²) in [6.07, 6.45) is -4.48. The zero-order valence-corrected chi connectivity index (χ0v) is 22.8. The number of benzene rings is 3. The van der Waals surface area contributed by atoms with Crippen molar-refractivity contribution < 1.29 is 13.2 Å². The van der Waals surface area contributed by atoms with Gasteiger partial charge in [-0.3, -0.25) is 4.67 Å². The Morgan fingerprint density at radius 2 is 1.42 bits per heavy atom. The molecule has 0 radical (unpaired) electrons. The first-order chi connectivity index (χ1) is 17.0. The Kier molecular flexibility index (Phi) is 7.15. The number of fused-ring (bicyclic) bond motifs is 3. The molecule has 4 aromatic rings. The molecule has 192 valence electrons. The summed E-state index contributed by atoms with van der Waals surface area (Å²) in [6, 6.07) is 20.5. The molecule has 0 fully saturated rings. The fourth-order valence-electron chi connectivity index (χ4n) is 5.41. The molecular weight excluding hydrogens is 478 g/mol. The van der Waals surface area contributed by atoms with Crippen LogP contribution in [0.4, 0.5) is 18.9 Å². The molecule has 0 unspecified atom stereocenters. The number of aryl methyl sites for hydroxylation is 1. The Morgan fingerprint density at radius 1 is 0.806 bits per heavy atom. The van der Waals surface area contributed by atoms with Crippen molar-refractivity contribution in [3.8, 4) is 0 Å². The lowest BCUT2D eigenvalue weighted by atomic mass is 10.1. The molecule has 0 spiro atoms. The van der Waals surface area contributed by atoms with Gasteiger partial charge in [-0.05, 0) is 43.3 Å². The van der Waals surface area contributed by atoms with Crippen molar-refractivity contribution in [3.63, 3.8) is 0 Å². The quantitative estimate of drug-likeness (QED) is 0.236. The third-order valence-corrected chi connectivity index (χ3v) is 11.7. The number of aromatic nitrogens is 1.